The predicted octanol–water partition coefficient (Wildman–Crippen LogP) is 5.18. The van der Waals surface area contributed by atoms with Crippen molar-refractivity contribution in [3.63, 3.8) is 0 Å². The van der Waals surface area contributed by atoms with Crippen LogP contribution in [0.1, 0.15) is 30.9 Å². The van der Waals surface area contributed by atoms with Crippen LogP contribution < -0.4 is 9.47 Å². The molecule has 2 aliphatic heterocycles. The second kappa shape index (κ2) is 10.5. The van der Waals surface area contributed by atoms with Gasteiger partial charge in [0.05, 0.1) is 24.2 Å². The third-order valence-corrected chi connectivity index (χ3v) is 6.51. The van der Waals surface area contributed by atoms with Crippen LogP contribution in [0.2, 0.25) is 0 Å². The maximum absolute atomic E-state index is 13.4. The van der Waals surface area contributed by atoms with E-state index in [0.29, 0.717) is 33.9 Å². The SMILES string of the molecule is CCOc1cc(/C=C2\SC(=S)N(C[C@@H]3CCCO3)C2=O)ccc1OCc1cccc(F)c1. The highest BCUT2D eigenvalue weighted by Gasteiger charge is 2.34. The Bertz CT molecular complexity index is 1040. The Kier molecular flexibility index (Phi) is 7.44. The van der Waals surface area contributed by atoms with Crippen molar-refractivity contribution in [3.05, 3.63) is 64.3 Å². The van der Waals surface area contributed by atoms with Gasteiger partial charge in [0.2, 0.25) is 0 Å². The van der Waals surface area contributed by atoms with Gasteiger partial charge in [-0.15, -0.1) is 0 Å². The van der Waals surface area contributed by atoms with Crippen molar-refractivity contribution in [2.75, 3.05) is 19.8 Å². The summed E-state index contributed by atoms with van der Waals surface area (Å²) in [6.07, 6.45) is 3.83. The highest BCUT2D eigenvalue weighted by Crippen LogP contribution is 2.35. The normalized spacial score (nSPS) is 19.8. The van der Waals surface area contributed by atoms with Gasteiger partial charge in [-0.3, -0.25) is 9.69 Å². The average molecular weight is 474 g/mol. The Morgan fingerprint density at radius 1 is 1.25 bits per heavy atom. The summed E-state index contributed by atoms with van der Waals surface area (Å²) in [4.78, 5) is 15.1. The van der Waals surface area contributed by atoms with Crippen LogP contribution in [-0.4, -0.2) is 41.0 Å². The third kappa shape index (κ3) is 5.49. The number of amides is 1. The molecule has 2 fully saturated rings. The highest BCUT2D eigenvalue weighted by molar-refractivity contribution is 8.26. The van der Waals surface area contributed by atoms with Gasteiger partial charge in [-0.25, -0.2) is 4.39 Å². The van der Waals surface area contributed by atoms with Crippen LogP contribution in [0.25, 0.3) is 6.08 Å². The maximum Gasteiger partial charge on any atom is 0.266 e. The molecular formula is C24H24FNO4S2. The van der Waals surface area contributed by atoms with Gasteiger partial charge >= 0.3 is 0 Å². The van der Waals surface area contributed by atoms with E-state index in [1.165, 1.54) is 23.9 Å². The van der Waals surface area contributed by atoms with E-state index in [4.69, 9.17) is 26.4 Å². The molecule has 0 radical (unpaired) electrons. The quantitative estimate of drug-likeness (QED) is 0.389. The summed E-state index contributed by atoms with van der Waals surface area (Å²) in [5.41, 5.74) is 1.54. The van der Waals surface area contributed by atoms with Gasteiger partial charge in [0.15, 0.2) is 11.5 Å². The molecule has 0 aliphatic carbocycles. The van der Waals surface area contributed by atoms with Crippen LogP contribution >= 0.6 is 24.0 Å². The largest absolute Gasteiger partial charge is 0.490 e. The fourth-order valence-corrected chi connectivity index (χ4v) is 4.87. The van der Waals surface area contributed by atoms with Crippen LogP contribution in [0.4, 0.5) is 4.39 Å². The van der Waals surface area contributed by atoms with Crippen LogP contribution in [0.3, 0.4) is 0 Å². The average Bonchev–Trinajstić information content (AvgIpc) is 3.38. The van der Waals surface area contributed by atoms with Gasteiger partial charge in [-0.2, -0.15) is 0 Å². The zero-order chi connectivity index (χ0) is 22.5. The number of carbonyl (C=O) groups excluding carboxylic acids is 1. The number of carbonyl (C=O) groups is 1. The molecule has 2 saturated heterocycles. The summed E-state index contributed by atoms with van der Waals surface area (Å²) in [6, 6.07) is 11.8. The Hall–Kier alpha value is -2.42. The molecule has 0 aromatic heterocycles. The van der Waals surface area contributed by atoms with E-state index >= 15 is 0 Å². The number of thiocarbonyl (C=S) groups is 1. The molecular weight excluding hydrogens is 449 g/mol. The second-order valence-electron chi connectivity index (χ2n) is 7.49. The highest BCUT2D eigenvalue weighted by atomic mass is 32.2. The number of halogens is 1. The van der Waals surface area contributed by atoms with Gasteiger partial charge in [0, 0.05) is 6.61 Å². The van der Waals surface area contributed by atoms with Crippen LogP contribution in [0.5, 0.6) is 11.5 Å². The second-order valence-corrected chi connectivity index (χ2v) is 9.16. The number of hydrogen-bond acceptors (Lipinski definition) is 6. The van der Waals surface area contributed by atoms with E-state index in [9.17, 15) is 9.18 Å². The topological polar surface area (TPSA) is 48.0 Å². The molecule has 2 aromatic carbocycles. The van der Waals surface area contributed by atoms with E-state index in [0.717, 1.165) is 30.6 Å². The molecule has 2 aliphatic rings. The number of hydrogen-bond donors (Lipinski definition) is 0. The number of benzene rings is 2. The van der Waals surface area contributed by atoms with Crippen LogP contribution in [0.15, 0.2) is 47.4 Å². The summed E-state index contributed by atoms with van der Waals surface area (Å²) in [7, 11) is 0. The standard InChI is InChI=1S/C24H24FNO4S2/c1-2-28-21-12-16(8-9-20(21)30-15-17-5-3-6-18(25)11-17)13-22-23(27)26(24(31)32-22)14-19-7-4-10-29-19/h3,5-6,8-9,11-13,19H,2,4,7,10,14-15H2,1H3/b22-13-/t19-/m0/s1. The molecule has 0 N–H and O–H groups in total. The first-order valence-corrected chi connectivity index (χ1v) is 11.8. The Labute approximate surface area is 196 Å². The maximum atomic E-state index is 13.4. The zero-order valence-corrected chi connectivity index (χ0v) is 19.3. The fourth-order valence-electron chi connectivity index (χ4n) is 3.59. The molecule has 1 atom stereocenters. The zero-order valence-electron chi connectivity index (χ0n) is 17.7. The first-order valence-electron chi connectivity index (χ1n) is 10.5. The van der Waals surface area contributed by atoms with Crippen molar-refractivity contribution in [3.8, 4) is 11.5 Å². The summed E-state index contributed by atoms with van der Waals surface area (Å²) < 4.78 is 31.2. The number of ether oxygens (including phenoxy) is 3. The monoisotopic (exact) mass is 473 g/mol. The van der Waals surface area contributed by atoms with Gasteiger partial charge in [-0.05, 0) is 61.2 Å². The lowest BCUT2D eigenvalue weighted by Gasteiger charge is -2.18. The lowest BCUT2D eigenvalue weighted by atomic mass is 10.1. The lowest BCUT2D eigenvalue weighted by molar-refractivity contribution is -0.123. The first-order chi connectivity index (χ1) is 15.5. The molecule has 2 aromatic rings. The summed E-state index contributed by atoms with van der Waals surface area (Å²) in [6.45, 7) is 3.81. The molecule has 0 spiro atoms. The molecule has 5 nitrogen and oxygen atoms in total. The van der Waals surface area contributed by atoms with E-state index in [-0.39, 0.29) is 24.4 Å². The van der Waals surface area contributed by atoms with Crippen molar-refractivity contribution < 1.29 is 23.4 Å². The third-order valence-electron chi connectivity index (χ3n) is 5.13. The minimum Gasteiger partial charge on any atom is -0.490 e. The lowest BCUT2D eigenvalue weighted by Crippen LogP contribution is -2.35. The molecule has 1 amide bonds. The van der Waals surface area contributed by atoms with E-state index in [1.807, 2.05) is 25.1 Å². The molecule has 2 heterocycles. The van der Waals surface area contributed by atoms with Gasteiger partial charge in [0.25, 0.3) is 5.91 Å². The predicted molar refractivity (Wildman–Crippen MR) is 127 cm³/mol. The smallest absolute Gasteiger partial charge is 0.266 e. The van der Waals surface area contributed by atoms with E-state index in [1.54, 1.807) is 23.1 Å². The Balaban J connectivity index is 1.48. The van der Waals surface area contributed by atoms with Crippen molar-refractivity contribution in [1.82, 2.24) is 4.90 Å². The van der Waals surface area contributed by atoms with Crippen LogP contribution in [-0.2, 0) is 16.1 Å². The first kappa shape index (κ1) is 22.8. The molecule has 168 valence electrons. The molecule has 0 bridgehead atoms. The van der Waals surface area contributed by atoms with Crippen LogP contribution in [0, 0.1) is 5.82 Å². The Morgan fingerprint density at radius 2 is 2.12 bits per heavy atom. The van der Waals surface area contributed by atoms with Crippen molar-refractivity contribution in [2.24, 2.45) is 0 Å². The summed E-state index contributed by atoms with van der Waals surface area (Å²) >= 11 is 6.72. The van der Waals surface area contributed by atoms with Crippen molar-refractivity contribution in [2.45, 2.75) is 32.5 Å². The summed E-state index contributed by atoms with van der Waals surface area (Å²) in [5.74, 6) is 0.717. The number of rotatable bonds is 8. The summed E-state index contributed by atoms with van der Waals surface area (Å²) in [5, 5.41) is 0. The van der Waals surface area contributed by atoms with Crippen molar-refractivity contribution in [1.29, 1.82) is 0 Å². The number of nitrogens with zero attached hydrogens (tertiary/aromatic N) is 1. The van der Waals surface area contributed by atoms with E-state index < -0.39 is 0 Å². The molecule has 0 saturated carbocycles. The minimum absolute atomic E-state index is 0.0518. The van der Waals surface area contributed by atoms with E-state index in [2.05, 4.69) is 0 Å². The fraction of sp³-hybridized carbons (Fsp3) is 0.333. The molecule has 0 unspecified atom stereocenters. The molecule has 4 rings (SSSR count). The Morgan fingerprint density at radius 3 is 2.88 bits per heavy atom. The minimum atomic E-state index is -0.303. The van der Waals surface area contributed by atoms with Gasteiger partial charge < -0.3 is 14.2 Å². The van der Waals surface area contributed by atoms with Gasteiger partial charge in [0.1, 0.15) is 16.7 Å². The van der Waals surface area contributed by atoms with Gasteiger partial charge in [-0.1, -0.05) is 42.2 Å². The molecule has 32 heavy (non-hydrogen) atoms. The van der Waals surface area contributed by atoms with Crippen molar-refractivity contribution >= 4 is 40.3 Å². The molecule has 8 heteroatoms. The number of thioether (sulfide) groups is 1.